The Morgan fingerprint density at radius 1 is 0.416 bits per heavy atom. The molecule has 0 aromatic carbocycles. The minimum absolute atomic E-state index is 0.0491. The monoisotopic (exact) mass is 1290 g/mol. The van der Waals surface area contributed by atoms with Gasteiger partial charge in [-0.3, -0.25) is 38.4 Å². The van der Waals surface area contributed by atoms with E-state index in [4.69, 9.17) is 38.1 Å². The van der Waals surface area contributed by atoms with Crippen LogP contribution in [0.1, 0.15) is 251 Å². The Balaban J connectivity index is 5.87. The Morgan fingerprint density at radius 3 is 1.17 bits per heavy atom. The van der Waals surface area contributed by atoms with E-state index in [1.807, 2.05) is 0 Å². The molecule has 25 heteroatoms. The fourth-order valence-corrected chi connectivity index (χ4v) is 10.9. The molecule has 89 heavy (non-hydrogen) atoms. The second-order valence-electron chi connectivity index (χ2n) is 23.6. The lowest BCUT2D eigenvalue weighted by Gasteiger charge is -2.27. The smallest absolute Gasteiger partial charge is 0.326 e. The molecule has 0 aliphatic rings. The molecule has 0 heterocycles. The summed E-state index contributed by atoms with van der Waals surface area (Å²) in [6.07, 6.45) is 28.8. The molecule has 0 saturated carbocycles. The third-order valence-corrected chi connectivity index (χ3v) is 16.6. The maximum absolute atomic E-state index is 14.1. The van der Waals surface area contributed by atoms with Gasteiger partial charge in [0, 0.05) is 30.9 Å². The van der Waals surface area contributed by atoms with Crippen molar-refractivity contribution in [3.8, 4) is 0 Å². The average molecular weight is 1290 g/mol. The van der Waals surface area contributed by atoms with Crippen molar-refractivity contribution in [2.24, 2.45) is 28.7 Å². The zero-order chi connectivity index (χ0) is 66.1. The molecule has 24 nitrogen and oxygen atoms in total. The van der Waals surface area contributed by atoms with E-state index in [0.29, 0.717) is 77.3 Å². The van der Waals surface area contributed by atoms with Crippen LogP contribution in [0.25, 0.3) is 0 Å². The topological polar surface area (TPSA) is 415 Å². The van der Waals surface area contributed by atoms with Gasteiger partial charge in [0.05, 0.1) is 19.1 Å². The maximum Gasteiger partial charge on any atom is 0.326 e. The van der Waals surface area contributed by atoms with E-state index < -0.39 is 96.4 Å². The fourth-order valence-electron chi connectivity index (χ4n) is 9.89. The van der Waals surface area contributed by atoms with Crippen molar-refractivity contribution in [2.75, 3.05) is 57.4 Å². The number of hydrogen-bond donors (Lipinski definition) is 13. The number of nitrogens with two attached hydrogens (primary N) is 5. The number of aliphatic hydroxyl groups is 1. The lowest BCUT2D eigenvalue weighted by atomic mass is 10.0. The number of rotatable bonds is 62. The van der Waals surface area contributed by atoms with E-state index in [-0.39, 0.29) is 82.2 Å². The van der Waals surface area contributed by atoms with E-state index in [2.05, 4.69) is 45.7 Å². The van der Waals surface area contributed by atoms with Gasteiger partial charge in [-0.15, -0.1) is 0 Å². The lowest BCUT2D eigenvalue weighted by molar-refractivity contribution is -0.157. The summed E-state index contributed by atoms with van der Waals surface area (Å²) in [6, 6.07) is -7.75. The molecular formula is C64H123N11O13S. The number of carbonyl (C=O) groups excluding carboxylic acids is 8. The highest BCUT2D eigenvalue weighted by molar-refractivity contribution is 7.99. The minimum Gasteiger partial charge on any atom is -0.480 e. The summed E-state index contributed by atoms with van der Waals surface area (Å²) in [7, 11) is 0. The van der Waals surface area contributed by atoms with Crippen molar-refractivity contribution in [1.29, 1.82) is 0 Å². The molecular weight excluding hydrogens is 1160 g/mol. The number of aliphatic carboxylic acids is 1. The zero-order valence-electron chi connectivity index (χ0n) is 54.7. The van der Waals surface area contributed by atoms with Crippen LogP contribution in [0.5, 0.6) is 0 Å². The number of amides is 6. The summed E-state index contributed by atoms with van der Waals surface area (Å²) in [5.74, 6) is -6.40. The number of aliphatic hydroxyl groups excluding tert-OH is 1. The standard InChI is InChI=1S/C64H123N11O13S/c1-3-5-7-9-11-13-14-15-16-18-20-22-24-38-57(78)87-46-49(88-58(79)39-44-70-56(77)37-23-21-19-17-12-10-8-6-4-2)47-89-48-50(69)59(80)75-55(45-76)63(84)73-52(34-26-30-41-66)61(82)71-51(33-25-29-40-65)60(81)72-53(35-27-31-42-67)62(83)74-54(64(85)86)36-28-32-43-68/h49-55,76H,3-48,65-69H2,1-2H3,(H,70,77)(H,71,82)(H,72,81)(H,73,84)(H,74,83)(H,75,80)(H,85,86)/t49-,50+,51+,52+,53+,54+,55+/m1/s1. The Bertz CT molecular complexity index is 1900. The van der Waals surface area contributed by atoms with Crippen molar-refractivity contribution in [3.63, 3.8) is 0 Å². The molecule has 0 spiro atoms. The molecule has 518 valence electrons. The van der Waals surface area contributed by atoms with Crippen molar-refractivity contribution >= 4 is 65.1 Å². The summed E-state index contributed by atoms with van der Waals surface area (Å²) < 4.78 is 11.3. The summed E-state index contributed by atoms with van der Waals surface area (Å²) in [4.78, 5) is 119. The molecule has 0 radical (unpaired) electrons. The van der Waals surface area contributed by atoms with Crippen LogP contribution in [-0.4, -0.2) is 163 Å². The first-order valence-corrected chi connectivity index (χ1v) is 35.3. The van der Waals surface area contributed by atoms with E-state index in [1.54, 1.807) is 0 Å². The Kier molecular flexibility index (Phi) is 55.4. The predicted molar refractivity (Wildman–Crippen MR) is 352 cm³/mol. The number of carboxylic acid groups (broad SMARTS) is 1. The van der Waals surface area contributed by atoms with Crippen LogP contribution in [0.3, 0.4) is 0 Å². The fraction of sp³-hybridized carbons (Fsp3) is 0.859. The first-order valence-electron chi connectivity index (χ1n) is 34.1. The normalized spacial score (nSPS) is 13.6. The van der Waals surface area contributed by atoms with Gasteiger partial charge in [0.25, 0.3) is 0 Å². The predicted octanol–water partition coefficient (Wildman–Crippen LogP) is 5.43. The molecule has 0 aromatic rings. The summed E-state index contributed by atoms with van der Waals surface area (Å²) >= 11 is 1.13. The van der Waals surface area contributed by atoms with Crippen LogP contribution in [0.2, 0.25) is 0 Å². The van der Waals surface area contributed by atoms with Crippen LogP contribution in [0.4, 0.5) is 0 Å². The third-order valence-electron chi connectivity index (χ3n) is 15.4. The lowest BCUT2D eigenvalue weighted by Crippen LogP contribution is -2.59. The van der Waals surface area contributed by atoms with Crippen molar-refractivity contribution in [2.45, 2.75) is 294 Å². The molecule has 6 amide bonds. The van der Waals surface area contributed by atoms with Crippen LogP contribution in [-0.2, 0) is 52.6 Å². The molecule has 0 fully saturated rings. The largest absolute Gasteiger partial charge is 0.480 e. The van der Waals surface area contributed by atoms with Gasteiger partial charge in [-0.2, -0.15) is 11.8 Å². The van der Waals surface area contributed by atoms with Gasteiger partial charge < -0.3 is 80.3 Å². The van der Waals surface area contributed by atoms with E-state index >= 15 is 0 Å². The van der Waals surface area contributed by atoms with E-state index in [0.717, 1.165) is 56.7 Å². The van der Waals surface area contributed by atoms with E-state index in [9.17, 15) is 53.4 Å². The van der Waals surface area contributed by atoms with Gasteiger partial charge in [-0.1, -0.05) is 142 Å². The number of carboxylic acids is 1. The number of hydrogen-bond acceptors (Lipinski definition) is 18. The highest BCUT2D eigenvalue weighted by Crippen LogP contribution is 2.16. The van der Waals surface area contributed by atoms with Gasteiger partial charge in [0.15, 0.2) is 0 Å². The van der Waals surface area contributed by atoms with Gasteiger partial charge in [0.1, 0.15) is 42.9 Å². The van der Waals surface area contributed by atoms with Gasteiger partial charge in [0.2, 0.25) is 35.4 Å². The number of ether oxygens (including phenoxy) is 2. The number of thioether (sulfide) groups is 1. The molecule has 0 saturated heterocycles. The quantitative estimate of drug-likeness (QED) is 0.0267. The number of esters is 2. The average Bonchev–Trinajstić information content (AvgIpc) is 3.71. The molecule has 0 aliphatic heterocycles. The second kappa shape index (κ2) is 58.4. The third kappa shape index (κ3) is 47.0. The Labute approximate surface area is 537 Å². The van der Waals surface area contributed by atoms with Crippen LogP contribution in [0, 0.1) is 0 Å². The molecule has 0 unspecified atom stereocenters. The van der Waals surface area contributed by atoms with Gasteiger partial charge in [-0.25, -0.2) is 4.79 Å². The van der Waals surface area contributed by atoms with Crippen molar-refractivity contribution in [1.82, 2.24) is 31.9 Å². The summed E-state index contributed by atoms with van der Waals surface area (Å²) in [5.41, 5.74) is 29.1. The maximum atomic E-state index is 14.1. The SMILES string of the molecule is CCCCCCCCCCCCCCCC(=O)OC[C@H](CSC[C@H](N)C(=O)N[C@@H](CO)C(=O)N[C@@H](CCCCN)C(=O)N[C@@H](CCCCN)C(=O)N[C@@H](CCCCN)C(=O)N[C@@H](CCCCN)C(=O)O)OC(=O)CCNC(=O)CCCCCCCCCCC. The first-order chi connectivity index (χ1) is 43.0. The molecule has 18 N–H and O–H groups in total. The van der Waals surface area contributed by atoms with Gasteiger partial charge >= 0.3 is 17.9 Å². The van der Waals surface area contributed by atoms with Crippen molar-refractivity contribution < 1.29 is 62.8 Å². The van der Waals surface area contributed by atoms with Crippen LogP contribution in [0.15, 0.2) is 0 Å². The van der Waals surface area contributed by atoms with Crippen molar-refractivity contribution in [3.05, 3.63) is 0 Å². The summed E-state index contributed by atoms with van der Waals surface area (Å²) in [5, 5.41) is 35.9. The molecule has 0 rings (SSSR count). The highest BCUT2D eigenvalue weighted by atomic mass is 32.2. The number of nitrogens with one attached hydrogen (secondary N) is 6. The zero-order valence-corrected chi connectivity index (χ0v) is 55.6. The van der Waals surface area contributed by atoms with Gasteiger partial charge in [-0.05, 0) is 116 Å². The Hall–Kier alpha value is -4.66. The number of carbonyl (C=O) groups is 9. The molecule has 0 bridgehead atoms. The minimum atomic E-state index is -1.57. The first kappa shape index (κ1) is 84.3. The summed E-state index contributed by atoms with van der Waals surface area (Å²) in [6.45, 7) is 4.58. The van der Waals surface area contributed by atoms with E-state index in [1.165, 1.54) is 89.9 Å². The van der Waals surface area contributed by atoms with Crippen LogP contribution >= 0.6 is 11.8 Å². The second-order valence-corrected chi connectivity index (χ2v) is 24.6. The highest BCUT2D eigenvalue weighted by Gasteiger charge is 2.33. The molecule has 7 atom stereocenters. The molecule has 0 aromatic heterocycles. The number of unbranched alkanes of at least 4 members (excludes halogenated alkanes) is 24. The molecule has 0 aliphatic carbocycles. The van der Waals surface area contributed by atoms with Crippen LogP contribution < -0.4 is 60.6 Å². The Morgan fingerprint density at radius 2 is 0.775 bits per heavy atom.